The Balaban J connectivity index is 1.58. The lowest BCUT2D eigenvalue weighted by Gasteiger charge is -2.13. The maximum atomic E-state index is 13.2. The third-order valence-corrected chi connectivity index (χ3v) is 8.53. The molecule has 0 saturated carbocycles. The van der Waals surface area contributed by atoms with Gasteiger partial charge in [-0.25, -0.2) is 22.9 Å². The number of hydrogen-bond donors (Lipinski definition) is 3. The summed E-state index contributed by atoms with van der Waals surface area (Å²) in [7, 11) is -2.26. The quantitative estimate of drug-likeness (QED) is 0.313. The third kappa shape index (κ3) is 4.80. The van der Waals surface area contributed by atoms with Crippen LogP contribution in [0.4, 0.5) is 16.2 Å². The van der Waals surface area contributed by atoms with Crippen LogP contribution in [0.15, 0.2) is 62.0 Å². The van der Waals surface area contributed by atoms with Crippen LogP contribution in [0.25, 0.3) is 16.6 Å². The number of amides is 2. The highest BCUT2D eigenvalue weighted by Gasteiger charge is 2.20. The third-order valence-electron chi connectivity index (χ3n) is 4.82. The molecule has 9 nitrogen and oxygen atoms in total. The summed E-state index contributed by atoms with van der Waals surface area (Å²) in [5.41, 5.74) is 2.01. The number of aryl methyl sites for hydroxylation is 1. The molecule has 0 saturated heterocycles. The number of anilines is 2. The maximum Gasteiger partial charge on any atom is 0.333 e. The lowest BCUT2D eigenvalue weighted by Crippen LogP contribution is -2.33. The first-order valence-electron chi connectivity index (χ1n) is 9.69. The SMILES string of the molecule is CNc1cc2nc(C)n(-c3ccc(NC(=O)NS(=O)(=O)c4ccc(Cl)s4)cc3)c(=O)c2cc1Br. The van der Waals surface area contributed by atoms with Gasteiger partial charge in [0, 0.05) is 17.2 Å². The topological polar surface area (TPSA) is 122 Å². The molecule has 0 bridgehead atoms. The molecule has 0 fully saturated rings. The van der Waals surface area contributed by atoms with Crippen molar-refractivity contribution in [3.05, 3.63) is 73.5 Å². The second kappa shape index (κ2) is 9.37. The van der Waals surface area contributed by atoms with E-state index in [-0.39, 0.29) is 9.77 Å². The molecule has 2 amide bonds. The summed E-state index contributed by atoms with van der Waals surface area (Å²) in [6.07, 6.45) is 0. The van der Waals surface area contributed by atoms with E-state index < -0.39 is 16.1 Å². The van der Waals surface area contributed by atoms with Gasteiger partial charge in [0.1, 0.15) is 10.0 Å². The predicted octanol–water partition coefficient (Wildman–Crippen LogP) is 4.72. The Bertz CT molecular complexity index is 1580. The van der Waals surface area contributed by atoms with Crippen LogP contribution in [0.1, 0.15) is 5.82 Å². The fraction of sp³-hybridized carbons (Fsp3) is 0.0952. The van der Waals surface area contributed by atoms with Gasteiger partial charge in [-0.15, -0.1) is 11.3 Å². The van der Waals surface area contributed by atoms with Gasteiger partial charge >= 0.3 is 6.03 Å². The zero-order chi connectivity index (χ0) is 24.6. The number of aromatic nitrogens is 2. The number of halogens is 2. The molecule has 34 heavy (non-hydrogen) atoms. The van der Waals surface area contributed by atoms with Crippen LogP contribution >= 0.6 is 38.9 Å². The van der Waals surface area contributed by atoms with Gasteiger partial charge in [0.2, 0.25) is 0 Å². The summed E-state index contributed by atoms with van der Waals surface area (Å²) in [6.45, 7) is 1.73. The van der Waals surface area contributed by atoms with E-state index in [0.717, 1.165) is 21.5 Å². The van der Waals surface area contributed by atoms with Crippen molar-refractivity contribution in [2.24, 2.45) is 0 Å². The van der Waals surface area contributed by atoms with Crippen molar-refractivity contribution in [3.8, 4) is 5.69 Å². The van der Waals surface area contributed by atoms with E-state index in [9.17, 15) is 18.0 Å². The maximum absolute atomic E-state index is 13.2. The summed E-state index contributed by atoms with van der Waals surface area (Å²) in [5, 5.41) is 5.94. The second-order valence-electron chi connectivity index (χ2n) is 7.06. The van der Waals surface area contributed by atoms with Crippen molar-refractivity contribution in [3.63, 3.8) is 0 Å². The molecule has 4 aromatic rings. The van der Waals surface area contributed by atoms with Gasteiger partial charge in [-0.2, -0.15) is 0 Å². The van der Waals surface area contributed by atoms with Gasteiger partial charge in [0.05, 0.1) is 26.6 Å². The number of sulfonamides is 1. The van der Waals surface area contributed by atoms with Gasteiger partial charge in [-0.3, -0.25) is 9.36 Å². The average molecular weight is 583 g/mol. The number of carbonyl (C=O) groups is 1. The van der Waals surface area contributed by atoms with E-state index in [0.29, 0.717) is 32.4 Å². The molecule has 176 valence electrons. The Kier molecular flexibility index (Phi) is 6.67. The Morgan fingerprint density at radius 2 is 1.85 bits per heavy atom. The molecule has 0 aliphatic rings. The molecule has 0 unspecified atom stereocenters. The number of urea groups is 1. The molecule has 0 radical (unpaired) electrons. The van der Waals surface area contributed by atoms with E-state index in [4.69, 9.17) is 11.6 Å². The highest BCUT2D eigenvalue weighted by atomic mass is 79.9. The monoisotopic (exact) mass is 581 g/mol. The summed E-state index contributed by atoms with van der Waals surface area (Å²) < 4.78 is 28.9. The number of carbonyl (C=O) groups excluding carboxylic acids is 1. The summed E-state index contributed by atoms with van der Waals surface area (Å²) >= 11 is 10.1. The Morgan fingerprint density at radius 3 is 2.47 bits per heavy atom. The smallest absolute Gasteiger partial charge is 0.333 e. The molecular weight excluding hydrogens is 566 g/mol. The van der Waals surface area contributed by atoms with Crippen LogP contribution in [0.3, 0.4) is 0 Å². The fourth-order valence-corrected chi connectivity index (χ4v) is 6.21. The van der Waals surface area contributed by atoms with Crippen molar-refractivity contribution in [2.45, 2.75) is 11.1 Å². The molecule has 2 heterocycles. The van der Waals surface area contributed by atoms with Gasteiger partial charge < -0.3 is 10.6 Å². The van der Waals surface area contributed by atoms with Crippen molar-refractivity contribution < 1.29 is 13.2 Å². The number of hydrogen-bond acceptors (Lipinski definition) is 7. The highest BCUT2D eigenvalue weighted by Crippen LogP contribution is 2.27. The molecule has 0 atom stereocenters. The fourth-order valence-electron chi connectivity index (χ4n) is 3.28. The normalized spacial score (nSPS) is 11.4. The predicted molar refractivity (Wildman–Crippen MR) is 138 cm³/mol. The Morgan fingerprint density at radius 1 is 1.15 bits per heavy atom. The molecule has 13 heteroatoms. The van der Waals surface area contributed by atoms with E-state index in [1.807, 2.05) is 4.72 Å². The van der Waals surface area contributed by atoms with Crippen LogP contribution in [0, 0.1) is 6.92 Å². The van der Waals surface area contributed by atoms with E-state index in [2.05, 4.69) is 31.5 Å². The largest absolute Gasteiger partial charge is 0.387 e. The number of fused-ring (bicyclic) bond motifs is 1. The number of nitrogens with one attached hydrogen (secondary N) is 3. The van der Waals surface area contributed by atoms with Gasteiger partial charge in [-0.1, -0.05) is 11.6 Å². The highest BCUT2D eigenvalue weighted by molar-refractivity contribution is 9.10. The van der Waals surface area contributed by atoms with Crippen LogP contribution in [-0.2, 0) is 10.0 Å². The minimum absolute atomic E-state index is 0.0740. The zero-order valence-corrected chi connectivity index (χ0v) is 21.7. The number of benzene rings is 2. The van der Waals surface area contributed by atoms with E-state index in [1.54, 1.807) is 50.4 Å². The molecule has 3 N–H and O–H groups in total. The van der Waals surface area contributed by atoms with Crippen LogP contribution in [0.5, 0.6) is 0 Å². The Labute approximate surface area is 212 Å². The first-order valence-corrected chi connectivity index (χ1v) is 13.2. The standard InChI is InChI=1S/C21H17BrClN5O4S2/c1-11-25-16-10-17(24-2)15(22)9-14(16)20(29)28(11)13-5-3-12(4-6-13)26-21(30)27-34(31,32)19-8-7-18(23)33-19/h3-10,24H,1-2H3,(H2,26,27,30). The first kappa shape index (κ1) is 24.2. The van der Waals surface area contributed by atoms with Gasteiger partial charge in [0.15, 0.2) is 0 Å². The molecule has 4 rings (SSSR count). The van der Waals surface area contributed by atoms with Crippen molar-refractivity contribution in [1.29, 1.82) is 0 Å². The summed E-state index contributed by atoms with van der Waals surface area (Å²) in [4.78, 5) is 29.9. The number of rotatable bonds is 5. The molecule has 0 spiro atoms. The van der Waals surface area contributed by atoms with Gasteiger partial charge in [0.25, 0.3) is 15.6 Å². The molecular formula is C21H17BrClN5O4S2. The summed E-state index contributed by atoms with van der Waals surface area (Å²) in [6, 6.07) is 11.7. The van der Waals surface area contributed by atoms with Crippen LogP contribution in [-0.4, -0.2) is 31.0 Å². The zero-order valence-electron chi connectivity index (χ0n) is 17.7. The summed E-state index contributed by atoms with van der Waals surface area (Å²) in [5.74, 6) is 0.487. The van der Waals surface area contributed by atoms with Crippen molar-refractivity contribution in [1.82, 2.24) is 14.3 Å². The minimum atomic E-state index is -4.04. The first-order chi connectivity index (χ1) is 16.1. The minimum Gasteiger partial charge on any atom is -0.387 e. The van der Waals surface area contributed by atoms with Crippen molar-refractivity contribution >= 4 is 77.2 Å². The van der Waals surface area contributed by atoms with Crippen LogP contribution < -0.4 is 20.9 Å². The van der Waals surface area contributed by atoms with Crippen molar-refractivity contribution in [2.75, 3.05) is 17.7 Å². The molecule has 0 aliphatic heterocycles. The second-order valence-corrected chi connectivity index (χ2v) is 11.5. The van der Waals surface area contributed by atoms with Crippen LogP contribution in [0.2, 0.25) is 4.34 Å². The molecule has 0 aliphatic carbocycles. The Hall–Kier alpha value is -2.93. The van der Waals surface area contributed by atoms with E-state index in [1.165, 1.54) is 16.7 Å². The van der Waals surface area contributed by atoms with E-state index >= 15 is 0 Å². The van der Waals surface area contributed by atoms with Gasteiger partial charge in [-0.05, 0) is 71.4 Å². The molecule has 2 aromatic heterocycles. The average Bonchev–Trinajstić information content (AvgIpc) is 3.22. The lowest BCUT2D eigenvalue weighted by atomic mass is 10.2. The lowest BCUT2D eigenvalue weighted by molar-refractivity contribution is 0.256. The number of nitrogens with zero attached hydrogens (tertiary/aromatic N) is 2. The number of thiophene rings is 1. The molecule has 2 aromatic carbocycles.